The first kappa shape index (κ1) is 11.0. The third-order valence-corrected chi connectivity index (χ3v) is 2.53. The smallest absolute Gasteiger partial charge is 0.198 e. The standard InChI is InChI=1S/C12H17N3O/c1-14(2)8-7-10-9-15-11(13-10)5-4-6-12(15)16-3/h4-6,9H,7-8H2,1-3H3. The van der Waals surface area contributed by atoms with Crippen LogP contribution in [0.1, 0.15) is 5.69 Å². The molecule has 0 aliphatic carbocycles. The fourth-order valence-corrected chi connectivity index (χ4v) is 1.66. The zero-order valence-electron chi connectivity index (χ0n) is 9.97. The molecule has 4 heteroatoms. The molecule has 0 aromatic carbocycles. The zero-order chi connectivity index (χ0) is 11.5. The third kappa shape index (κ3) is 2.17. The van der Waals surface area contributed by atoms with Gasteiger partial charge in [0.2, 0.25) is 0 Å². The van der Waals surface area contributed by atoms with E-state index >= 15 is 0 Å². The molecule has 2 aromatic heterocycles. The number of methoxy groups -OCH3 is 1. The highest BCUT2D eigenvalue weighted by atomic mass is 16.5. The second-order valence-corrected chi connectivity index (χ2v) is 4.08. The van der Waals surface area contributed by atoms with Gasteiger partial charge in [0, 0.05) is 19.2 Å². The Morgan fingerprint density at radius 3 is 2.88 bits per heavy atom. The molecular weight excluding hydrogens is 202 g/mol. The number of likely N-dealkylation sites (N-methyl/N-ethyl adjacent to an activating group) is 1. The van der Waals surface area contributed by atoms with Crippen molar-refractivity contribution in [2.75, 3.05) is 27.7 Å². The normalized spacial score (nSPS) is 11.2. The summed E-state index contributed by atoms with van der Waals surface area (Å²) in [6, 6.07) is 5.88. The number of fused-ring (bicyclic) bond motifs is 1. The van der Waals surface area contributed by atoms with Crippen molar-refractivity contribution < 1.29 is 4.74 Å². The molecule has 0 atom stereocenters. The molecule has 0 N–H and O–H groups in total. The van der Waals surface area contributed by atoms with Crippen LogP contribution < -0.4 is 4.74 Å². The first-order valence-electron chi connectivity index (χ1n) is 5.36. The molecule has 2 aromatic rings. The number of pyridine rings is 1. The van der Waals surface area contributed by atoms with Crippen LogP contribution in [-0.4, -0.2) is 42.0 Å². The van der Waals surface area contributed by atoms with E-state index in [1.165, 1.54) is 0 Å². The molecule has 0 radical (unpaired) electrons. The van der Waals surface area contributed by atoms with Crippen LogP contribution in [0.5, 0.6) is 5.88 Å². The lowest BCUT2D eigenvalue weighted by molar-refractivity contribution is 0.392. The number of aromatic nitrogens is 2. The summed E-state index contributed by atoms with van der Waals surface area (Å²) < 4.78 is 7.26. The Balaban J connectivity index is 2.29. The minimum Gasteiger partial charge on any atom is -0.482 e. The molecule has 0 unspecified atom stereocenters. The van der Waals surface area contributed by atoms with Gasteiger partial charge < -0.3 is 9.64 Å². The average molecular weight is 219 g/mol. The van der Waals surface area contributed by atoms with E-state index in [9.17, 15) is 0 Å². The van der Waals surface area contributed by atoms with Crippen molar-refractivity contribution in [2.45, 2.75) is 6.42 Å². The number of rotatable bonds is 4. The molecule has 0 aliphatic rings. The van der Waals surface area contributed by atoms with E-state index in [1.807, 2.05) is 28.8 Å². The second-order valence-electron chi connectivity index (χ2n) is 4.08. The summed E-state index contributed by atoms with van der Waals surface area (Å²) >= 11 is 0. The molecule has 0 saturated carbocycles. The van der Waals surface area contributed by atoms with Crippen LogP contribution in [0.3, 0.4) is 0 Å². The first-order chi connectivity index (χ1) is 7.70. The van der Waals surface area contributed by atoms with E-state index in [2.05, 4.69) is 24.0 Å². The van der Waals surface area contributed by atoms with Crippen molar-refractivity contribution in [1.29, 1.82) is 0 Å². The maximum absolute atomic E-state index is 5.28. The van der Waals surface area contributed by atoms with Gasteiger partial charge in [-0.2, -0.15) is 0 Å². The summed E-state index contributed by atoms with van der Waals surface area (Å²) in [5, 5.41) is 0. The first-order valence-corrected chi connectivity index (χ1v) is 5.36. The maximum Gasteiger partial charge on any atom is 0.198 e. The summed E-state index contributed by atoms with van der Waals surface area (Å²) in [4.78, 5) is 6.70. The van der Waals surface area contributed by atoms with Crippen molar-refractivity contribution >= 4 is 5.65 Å². The molecule has 86 valence electrons. The summed E-state index contributed by atoms with van der Waals surface area (Å²) in [6.45, 7) is 1.01. The third-order valence-electron chi connectivity index (χ3n) is 2.53. The molecule has 16 heavy (non-hydrogen) atoms. The summed E-state index contributed by atoms with van der Waals surface area (Å²) in [7, 11) is 5.81. The monoisotopic (exact) mass is 219 g/mol. The van der Waals surface area contributed by atoms with Gasteiger partial charge in [-0.05, 0) is 26.2 Å². The Morgan fingerprint density at radius 2 is 2.19 bits per heavy atom. The molecule has 0 bridgehead atoms. The Hall–Kier alpha value is -1.55. The zero-order valence-corrected chi connectivity index (χ0v) is 9.97. The minimum atomic E-state index is 0.820. The van der Waals surface area contributed by atoms with Gasteiger partial charge in [-0.25, -0.2) is 4.98 Å². The number of hydrogen-bond acceptors (Lipinski definition) is 3. The number of hydrogen-bond donors (Lipinski definition) is 0. The van der Waals surface area contributed by atoms with Crippen LogP contribution in [0, 0.1) is 0 Å². The van der Waals surface area contributed by atoms with Crippen LogP contribution in [0.2, 0.25) is 0 Å². The molecule has 0 saturated heterocycles. The van der Waals surface area contributed by atoms with Gasteiger partial charge in [0.1, 0.15) is 5.65 Å². The fourth-order valence-electron chi connectivity index (χ4n) is 1.66. The van der Waals surface area contributed by atoms with Gasteiger partial charge in [-0.1, -0.05) is 6.07 Å². The molecule has 0 amide bonds. The lowest BCUT2D eigenvalue weighted by atomic mass is 10.3. The summed E-state index contributed by atoms with van der Waals surface area (Å²) in [5.74, 6) is 0.820. The van der Waals surface area contributed by atoms with Gasteiger partial charge in [0.15, 0.2) is 5.88 Å². The van der Waals surface area contributed by atoms with E-state index in [0.29, 0.717) is 0 Å². The quantitative estimate of drug-likeness (QED) is 0.779. The summed E-state index contributed by atoms with van der Waals surface area (Å²) in [5.41, 5.74) is 2.03. The SMILES string of the molecule is COc1cccc2nc(CCN(C)C)cn12. The number of ether oxygens (including phenoxy) is 1. The average Bonchev–Trinajstić information content (AvgIpc) is 2.68. The van der Waals surface area contributed by atoms with Gasteiger partial charge in [0.25, 0.3) is 0 Å². The Morgan fingerprint density at radius 1 is 1.38 bits per heavy atom. The van der Waals surface area contributed by atoms with Crippen molar-refractivity contribution in [1.82, 2.24) is 14.3 Å². The lowest BCUT2D eigenvalue weighted by Gasteiger charge is -2.06. The van der Waals surface area contributed by atoms with Gasteiger partial charge >= 0.3 is 0 Å². The van der Waals surface area contributed by atoms with Crippen LogP contribution in [0.4, 0.5) is 0 Å². The van der Waals surface area contributed by atoms with E-state index in [-0.39, 0.29) is 0 Å². The van der Waals surface area contributed by atoms with Crippen LogP contribution in [0.15, 0.2) is 24.4 Å². The van der Waals surface area contributed by atoms with Crippen molar-refractivity contribution in [3.8, 4) is 5.88 Å². The predicted molar refractivity (Wildman–Crippen MR) is 64.0 cm³/mol. The van der Waals surface area contributed by atoms with Gasteiger partial charge in [-0.15, -0.1) is 0 Å². The van der Waals surface area contributed by atoms with Gasteiger partial charge in [0.05, 0.1) is 12.8 Å². The van der Waals surface area contributed by atoms with E-state index in [4.69, 9.17) is 4.74 Å². The Bertz CT molecular complexity index is 476. The Kier molecular flexibility index (Phi) is 3.10. The predicted octanol–water partition coefficient (Wildman–Crippen LogP) is 1.45. The highest BCUT2D eigenvalue weighted by Gasteiger charge is 2.05. The molecule has 2 rings (SSSR count). The molecule has 0 aliphatic heterocycles. The number of nitrogens with zero attached hydrogens (tertiary/aromatic N) is 3. The van der Waals surface area contributed by atoms with Crippen LogP contribution in [0.25, 0.3) is 5.65 Å². The molecule has 0 fully saturated rings. The van der Waals surface area contributed by atoms with Crippen LogP contribution in [-0.2, 0) is 6.42 Å². The van der Waals surface area contributed by atoms with E-state index in [0.717, 1.165) is 30.2 Å². The Labute approximate surface area is 95.5 Å². The minimum absolute atomic E-state index is 0.820. The molecule has 4 nitrogen and oxygen atoms in total. The molecular formula is C12H17N3O. The highest BCUT2D eigenvalue weighted by molar-refractivity contribution is 5.43. The van der Waals surface area contributed by atoms with E-state index in [1.54, 1.807) is 7.11 Å². The van der Waals surface area contributed by atoms with Crippen molar-refractivity contribution in [3.63, 3.8) is 0 Å². The maximum atomic E-state index is 5.28. The lowest BCUT2D eigenvalue weighted by Crippen LogP contribution is -2.15. The van der Waals surface area contributed by atoms with Crippen molar-refractivity contribution in [3.05, 3.63) is 30.1 Å². The van der Waals surface area contributed by atoms with E-state index < -0.39 is 0 Å². The summed E-state index contributed by atoms with van der Waals surface area (Å²) in [6.07, 6.45) is 3.00. The van der Waals surface area contributed by atoms with Crippen LogP contribution >= 0.6 is 0 Å². The number of imidazole rings is 1. The van der Waals surface area contributed by atoms with Gasteiger partial charge in [-0.3, -0.25) is 4.40 Å². The molecule has 0 spiro atoms. The molecule has 2 heterocycles. The second kappa shape index (κ2) is 4.53. The fraction of sp³-hybridized carbons (Fsp3) is 0.417. The topological polar surface area (TPSA) is 29.8 Å². The van der Waals surface area contributed by atoms with Crippen molar-refractivity contribution in [2.24, 2.45) is 0 Å². The largest absolute Gasteiger partial charge is 0.482 e. The highest BCUT2D eigenvalue weighted by Crippen LogP contribution is 2.15.